The van der Waals surface area contributed by atoms with Crippen LogP contribution in [-0.2, 0) is 23.8 Å². The van der Waals surface area contributed by atoms with Gasteiger partial charge in [-0.15, -0.1) is 0 Å². The van der Waals surface area contributed by atoms with E-state index in [1.165, 1.54) is 11.8 Å². The minimum absolute atomic E-state index is 0.0811. The summed E-state index contributed by atoms with van der Waals surface area (Å²) in [6.07, 6.45) is -1.79. The number of ketones is 1. The number of piperidine rings is 1. The van der Waals surface area contributed by atoms with Gasteiger partial charge in [-0.25, -0.2) is 4.98 Å². The molecule has 11 heteroatoms. The van der Waals surface area contributed by atoms with Gasteiger partial charge in [-0.2, -0.15) is 18.2 Å². The highest BCUT2D eigenvalue weighted by molar-refractivity contribution is 5.96. The van der Waals surface area contributed by atoms with Gasteiger partial charge >= 0.3 is 6.18 Å². The molecule has 1 amide bonds. The SMILES string of the molecule is Cc1cccc(CC(=O)N2CCN(c3ccc(CC(=O)c4oc(N5CCC(c6ccccc6)CC5)nc4C(F)(F)F)cn3)CC2)c1. The Labute approximate surface area is 265 Å². The summed E-state index contributed by atoms with van der Waals surface area (Å²) in [6.45, 7) is 5.28. The maximum atomic E-state index is 13.9. The Kier molecular flexibility index (Phi) is 9.10. The quantitative estimate of drug-likeness (QED) is 0.218. The summed E-state index contributed by atoms with van der Waals surface area (Å²) in [7, 11) is 0. The first kappa shape index (κ1) is 31.3. The molecule has 0 radical (unpaired) electrons. The first-order chi connectivity index (χ1) is 22.1. The van der Waals surface area contributed by atoms with Crippen molar-refractivity contribution in [2.45, 2.75) is 44.7 Å². The van der Waals surface area contributed by atoms with Crippen LogP contribution >= 0.6 is 0 Å². The van der Waals surface area contributed by atoms with Crippen molar-refractivity contribution in [1.29, 1.82) is 0 Å². The van der Waals surface area contributed by atoms with Crippen LogP contribution in [0.25, 0.3) is 0 Å². The summed E-state index contributed by atoms with van der Waals surface area (Å²) in [6, 6.07) is 21.2. The average molecular weight is 632 g/mol. The number of aryl methyl sites for hydroxylation is 1. The molecule has 2 aliphatic rings. The molecule has 4 heterocycles. The number of Topliss-reactive ketones (excluding diaryl/α,β-unsaturated/α-hetero) is 1. The summed E-state index contributed by atoms with van der Waals surface area (Å²) in [5.41, 5.74) is 2.49. The number of hydrogen-bond acceptors (Lipinski definition) is 7. The number of benzene rings is 2. The lowest BCUT2D eigenvalue weighted by Crippen LogP contribution is -2.49. The molecule has 2 saturated heterocycles. The van der Waals surface area contributed by atoms with Gasteiger partial charge in [0.25, 0.3) is 6.01 Å². The fourth-order valence-electron chi connectivity index (χ4n) is 6.22. The maximum Gasteiger partial charge on any atom is 0.437 e. The lowest BCUT2D eigenvalue weighted by molar-refractivity contribution is -0.141. The molecule has 4 aromatic rings. The molecule has 0 unspecified atom stereocenters. The number of oxazole rings is 1. The van der Waals surface area contributed by atoms with Crippen molar-refractivity contribution >= 4 is 23.5 Å². The third-order valence-corrected chi connectivity index (χ3v) is 8.74. The van der Waals surface area contributed by atoms with E-state index in [4.69, 9.17) is 4.42 Å². The molecule has 0 bridgehead atoms. The number of rotatable bonds is 8. The molecule has 0 saturated carbocycles. The average Bonchev–Trinajstić information content (AvgIpc) is 3.53. The lowest BCUT2D eigenvalue weighted by Gasteiger charge is -2.35. The Balaban J connectivity index is 1.05. The zero-order valence-corrected chi connectivity index (χ0v) is 25.7. The van der Waals surface area contributed by atoms with E-state index in [0.717, 1.165) is 24.0 Å². The van der Waals surface area contributed by atoms with Gasteiger partial charge in [-0.3, -0.25) is 9.59 Å². The number of pyridine rings is 1. The van der Waals surface area contributed by atoms with Gasteiger partial charge in [0.2, 0.25) is 17.5 Å². The summed E-state index contributed by atoms with van der Waals surface area (Å²) in [5, 5.41) is 0. The van der Waals surface area contributed by atoms with Crippen molar-refractivity contribution in [3.63, 3.8) is 0 Å². The van der Waals surface area contributed by atoms with E-state index in [9.17, 15) is 22.8 Å². The highest BCUT2D eigenvalue weighted by Gasteiger charge is 2.42. The van der Waals surface area contributed by atoms with E-state index in [1.807, 2.05) is 59.2 Å². The van der Waals surface area contributed by atoms with E-state index in [1.54, 1.807) is 17.0 Å². The first-order valence-corrected chi connectivity index (χ1v) is 15.6. The maximum absolute atomic E-state index is 13.9. The number of halogens is 3. The lowest BCUT2D eigenvalue weighted by atomic mass is 9.90. The monoisotopic (exact) mass is 631 g/mol. The van der Waals surface area contributed by atoms with Gasteiger partial charge in [0.05, 0.1) is 6.42 Å². The number of carbonyl (C=O) groups is 2. The Bertz CT molecular complexity index is 1660. The fourth-order valence-corrected chi connectivity index (χ4v) is 6.22. The van der Waals surface area contributed by atoms with Crippen LogP contribution in [0.1, 0.15) is 57.3 Å². The minimum Gasteiger partial charge on any atom is -0.420 e. The first-order valence-electron chi connectivity index (χ1n) is 15.6. The highest BCUT2D eigenvalue weighted by Crippen LogP contribution is 2.36. The van der Waals surface area contributed by atoms with E-state index in [-0.39, 0.29) is 18.3 Å². The number of hydrogen-bond donors (Lipinski definition) is 0. The predicted molar refractivity (Wildman–Crippen MR) is 168 cm³/mol. The normalized spacial score (nSPS) is 16.1. The van der Waals surface area contributed by atoms with Gasteiger partial charge in [0.1, 0.15) is 5.82 Å². The third-order valence-electron chi connectivity index (χ3n) is 8.74. The van der Waals surface area contributed by atoms with E-state index < -0.39 is 23.4 Å². The number of aromatic nitrogens is 2. The van der Waals surface area contributed by atoms with Crippen LogP contribution in [0.15, 0.2) is 77.3 Å². The van der Waals surface area contributed by atoms with Crippen LogP contribution in [0.4, 0.5) is 25.0 Å². The second kappa shape index (κ2) is 13.4. The zero-order valence-electron chi connectivity index (χ0n) is 25.7. The second-order valence-corrected chi connectivity index (χ2v) is 12.0. The second-order valence-electron chi connectivity index (χ2n) is 12.0. The molecule has 240 valence electrons. The predicted octanol–water partition coefficient (Wildman–Crippen LogP) is 6.10. The Morgan fingerprint density at radius 1 is 0.848 bits per heavy atom. The molecule has 2 aromatic carbocycles. The third kappa shape index (κ3) is 7.24. The smallest absolute Gasteiger partial charge is 0.420 e. The Morgan fingerprint density at radius 3 is 2.24 bits per heavy atom. The molecule has 8 nitrogen and oxygen atoms in total. The molecule has 2 aromatic heterocycles. The van der Waals surface area contributed by atoms with Gasteiger partial charge in [-0.05, 0) is 48.4 Å². The number of alkyl halides is 3. The fraction of sp³-hybridized carbons (Fsp3) is 0.371. The highest BCUT2D eigenvalue weighted by atomic mass is 19.4. The van der Waals surface area contributed by atoms with Gasteiger partial charge in [0, 0.05) is 51.9 Å². The molecule has 0 aliphatic carbocycles. The van der Waals surface area contributed by atoms with Crippen LogP contribution in [0.2, 0.25) is 0 Å². The van der Waals surface area contributed by atoms with Crippen LogP contribution in [-0.4, -0.2) is 65.8 Å². The standard InChI is InChI=1S/C35H36F3N5O3/c1-24-6-5-7-25(20-24)22-31(45)42-18-16-41(17-19-42)30-11-10-26(23-39-30)21-29(44)32-33(35(36,37)38)40-34(46-32)43-14-12-28(13-15-43)27-8-3-2-4-9-27/h2-11,20,23,28H,12-19,21-22H2,1H3. The number of anilines is 2. The van der Waals surface area contributed by atoms with E-state index >= 15 is 0 Å². The van der Waals surface area contributed by atoms with Gasteiger partial charge < -0.3 is 19.1 Å². The van der Waals surface area contributed by atoms with Crippen LogP contribution in [0.5, 0.6) is 0 Å². The largest absolute Gasteiger partial charge is 0.437 e. The van der Waals surface area contributed by atoms with Crippen LogP contribution < -0.4 is 9.80 Å². The summed E-state index contributed by atoms with van der Waals surface area (Å²) in [5.74, 6) is -0.512. The van der Waals surface area contributed by atoms with Gasteiger partial charge in [0.15, 0.2) is 5.69 Å². The van der Waals surface area contributed by atoms with Crippen LogP contribution in [0, 0.1) is 6.92 Å². The molecular weight excluding hydrogens is 595 g/mol. The van der Waals surface area contributed by atoms with Gasteiger partial charge in [-0.1, -0.05) is 66.2 Å². The Hall–Kier alpha value is -4.67. The molecule has 0 spiro atoms. The topological polar surface area (TPSA) is 82.8 Å². The minimum atomic E-state index is -4.83. The van der Waals surface area contributed by atoms with Crippen molar-refractivity contribution in [1.82, 2.24) is 14.9 Å². The van der Waals surface area contributed by atoms with Crippen molar-refractivity contribution in [3.05, 3.63) is 107 Å². The number of piperazine rings is 1. The van der Waals surface area contributed by atoms with Crippen LogP contribution in [0.3, 0.4) is 0 Å². The summed E-state index contributed by atoms with van der Waals surface area (Å²) < 4.78 is 47.3. The molecule has 2 aliphatic heterocycles. The summed E-state index contributed by atoms with van der Waals surface area (Å²) in [4.78, 5) is 39.7. The molecule has 0 atom stereocenters. The molecule has 2 fully saturated rings. The number of amides is 1. The van der Waals surface area contributed by atoms with E-state index in [0.29, 0.717) is 63.0 Å². The van der Waals surface area contributed by atoms with Crippen molar-refractivity contribution in [2.24, 2.45) is 0 Å². The number of carbonyl (C=O) groups excluding carboxylic acids is 2. The Morgan fingerprint density at radius 2 is 1.59 bits per heavy atom. The molecule has 6 rings (SSSR count). The van der Waals surface area contributed by atoms with Crippen molar-refractivity contribution in [2.75, 3.05) is 49.1 Å². The van der Waals surface area contributed by atoms with E-state index in [2.05, 4.69) is 22.1 Å². The summed E-state index contributed by atoms with van der Waals surface area (Å²) >= 11 is 0. The molecule has 46 heavy (non-hydrogen) atoms. The van der Waals surface area contributed by atoms with Crippen molar-refractivity contribution in [3.8, 4) is 0 Å². The van der Waals surface area contributed by atoms with Crippen molar-refractivity contribution < 1.29 is 27.2 Å². The zero-order chi connectivity index (χ0) is 32.3. The molecular formula is C35H36F3N5O3. The molecule has 0 N–H and O–H groups in total. The number of nitrogens with zero attached hydrogens (tertiary/aromatic N) is 5.